The molecule has 2 N–H and O–H groups in total. The summed E-state index contributed by atoms with van der Waals surface area (Å²) in [5, 5.41) is 18.7. The van der Waals surface area contributed by atoms with E-state index in [4.69, 9.17) is 5.11 Å². The van der Waals surface area contributed by atoms with Crippen molar-refractivity contribution in [2.45, 2.75) is 13.8 Å². The van der Waals surface area contributed by atoms with Gasteiger partial charge in [0.25, 0.3) is 5.91 Å². The van der Waals surface area contributed by atoms with Crippen LogP contribution in [0.15, 0.2) is 54.6 Å². The van der Waals surface area contributed by atoms with Crippen molar-refractivity contribution in [1.82, 2.24) is 9.47 Å². The summed E-state index contributed by atoms with van der Waals surface area (Å²) in [6, 6.07) is 15.2. The summed E-state index contributed by atoms with van der Waals surface area (Å²) in [6.07, 6.45) is 0. The number of rotatable bonds is 5. The van der Waals surface area contributed by atoms with Gasteiger partial charge in [0.2, 0.25) is 0 Å². The summed E-state index contributed by atoms with van der Waals surface area (Å²) in [5.74, 6) is -2.15. The Morgan fingerprint density at radius 2 is 1.30 bits per heavy atom. The molecular weight excluding hydrogens is 422 g/mol. The third-order valence-electron chi connectivity index (χ3n) is 6.03. The predicted molar refractivity (Wildman–Crippen MR) is 124 cm³/mol. The molecule has 0 unspecified atom stereocenters. The summed E-state index contributed by atoms with van der Waals surface area (Å²) in [6.45, 7) is 6.06. The van der Waals surface area contributed by atoms with Crippen LogP contribution in [0.5, 0.6) is 0 Å². The SMILES string of the molecule is Cc1ccc(C)n1-c1cc(C(=O)N2CCN(c3ccc(C(=O)O)cc3)CC2)ccc1C(=O)O. The molecule has 8 nitrogen and oxygen atoms in total. The Morgan fingerprint density at radius 3 is 1.85 bits per heavy atom. The van der Waals surface area contributed by atoms with Gasteiger partial charge in [0, 0.05) is 48.8 Å². The van der Waals surface area contributed by atoms with Gasteiger partial charge in [-0.1, -0.05) is 0 Å². The topological polar surface area (TPSA) is 103 Å². The van der Waals surface area contributed by atoms with Crippen molar-refractivity contribution in [2.75, 3.05) is 31.1 Å². The average molecular weight is 447 g/mol. The lowest BCUT2D eigenvalue weighted by Crippen LogP contribution is -2.48. The van der Waals surface area contributed by atoms with Gasteiger partial charge in [-0.3, -0.25) is 4.79 Å². The normalized spacial score (nSPS) is 13.8. The molecule has 1 aliphatic rings. The molecule has 0 radical (unpaired) electrons. The minimum absolute atomic E-state index is 0.142. The maximum atomic E-state index is 13.2. The molecule has 0 saturated carbocycles. The molecule has 1 saturated heterocycles. The van der Waals surface area contributed by atoms with Gasteiger partial charge in [-0.25, -0.2) is 9.59 Å². The van der Waals surface area contributed by atoms with Crippen molar-refractivity contribution in [3.05, 3.63) is 82.7 Å². The van der Waals surface area contributed by atoms with E-state index < -0.39 is 11.9 Å². The molecule has 4 rings (SSSR count). The molecule has 2 heterocycles. The number of carbonyl (C=O) groups is 3. The van der Waals surface area contributed by atoms with Crippen LogP contribution < -0.4 is 4.90 Å². The number of hydrogen-bond acceptors (Lipinski definition) is 4. The largest absolute Gasteiger partial charge is 0.478 e. The van der Waals surface area contributed by atoms with Crippen molar-refractivity contribution in [2.24, 2.45) is 0 Å². The van der Waals surface area contributed by atoms with Crippen molar-refractivity contribution in [3.8, 4) is 5.69 Å². The fourth-order valence-electron chi connectivity index (χ4n) is 4.24. The fraction of sp³-hybridized carbons (Fsp3) is 0.240. The lowest BCUT2D eigenvalue weighted by atomic mass is 10.1. The van der Waals surface area contributed by atoms with E-state index in [1.54, 1.807) is 41.3 Å². The number of aromatic carboxylic acids is 2. The predicted octanol–water partition coefficient (Wildman–Crippen LogP) is 3.45. The van der Waals surface area contributed by atoms with Gasteiger partial charge in [-0.05, 0) is 68.4 Å². The van der Waals surface area contributed by atoms with Gasteiger partial charge in [0.1, 0.15) is 0 Å². The number of nitrogens with zero attached hydrogens (tertiary/aromatic N) is 3. The van der Waals surface area contributed by atoms with E-state index in [0.29, 0.717) is 37.4 Å². The first-order valence-corrected chi connectivity index (χ1v) is 10.7. The van der Waals surface area contributed by atoms with Gasteiger partial charge >= 0.3 is 11.9 Å². The first-order chi connectivity index (χ1) is 15.8. The van der Waals surface area contributed by atoms with Crippen LogP contribution in [0.1, 0.15) is 42.5 Å². The lowest BCUT2D eigenvalue weighted by Gasteiger charge is -2.36. The summed E-state index contributed by atoms with van der Waals surface area (Å²) in [4.78, 5) is 39.9. The second-order valence-corrected chi connectivity index (χ2v) is 8.12. The Bertz CT molecular complexity index is 1200. The number of aryl methyl sites for hydroxylation is 2. The number of carboxylic acids is 2. The van der Waals surface area contributed by atoms with Crippen LogP contribution in [-0.4, -0.2) is 63.7 Å². The summed E-state index contributed by atoms with van der Waals surface area (Å²) in [7, 11) is 0. The van der Waals surface area contributed by atoms with E-state index in [0.717, 1.165) is 17.1 Å². The smallest absolute Gasteiger partial charge is 0.337 e. The van der Waals surface area contributed by atoms with Crippen LogP contribution in [0.3, 0.4) is 0 Å². The number of aromatic nitrogens is 1. The molecule has 1 amide bonds. The van der Waals surface area contributed by atoms with Gasteiger partial charge in [-0.2, -0.15) is 0 Å². The Hall–Kier alpha value is -4.07. The summed E-state index contributed by atoms with van der Waals surface area (Å²) >= 11 is 0. The zero-order valence-electron chi connectivity index (χ0n) is 18.5. The van der Waals surface area contributed by atoms with Crippen LogP contribution in [0.2, 0.25) is 0 Å². The molecular formula is C25H25N3O5. The maximum Gasteiger partial charge on any atom is 0.337 e. The minimum atomic E-state index is -1.04. The molecule has 0 spiro atoms. The number of anilines is 1. The maximum absolute atomic E-state index is 13.2. The summed E-state index contributed by atoms with van der Waals surface area (Å²) in [5.41, 5.74) is 4.00. The molecule has 1 aliphatic heterocycles. The van der Waals surface area contributed by atoms with Gasteiger partial charge < -0.3 is 24.6 Å². The average Bonchev–Trinajstić information content (AvgIpc) is 3.16. The molecule has 33 heavy (non-hydrogen) atoms. The number of carbonyl (C=O) groups excluding carboxylic acids is 1. The van der Waals surface area contributed by atoms with Gasteiger partial charge in [-0.15, -0.1) is 0 Å². The summed E-state index contributed by atoms with van der Waals surface area (Å²) < 4.78 is 1.85. The van der Waals surface area contributed by atoms with Crippen LogP contribution in [0.4, 0.5) is 5.69 Å². The first-order valence-electron chi connectivity index (χ1n) is 10.7. The van der Waals surface area contributed by atoms with E-state index in [1.165, 1.54) is 6.07 Å². The Balaban J connectivity index is 1.53. The lowest BCUT2D eigenvalue weighted by molar-refractivity contribution is 0.0686. The molecule has 0 bridgehead atoms. The number of piperazine rings is 1. The first kappa shape index (κ1) is 22.1. The number of hydrogen-bond donors (Lipinski definition) is 2. The van der Waals surface area contributed by atoms with Crippen LogP contribution in [0, 0.1) is 13.8 Å². The van der Waals surface area contributed by atoms with E-state index in [1.807, 2.05) is 30.5 Å². The third-order valence-corrected chi connectivity index (χ3v) is 6.03. The molecule has 1 fully saturated rings. The molecule has 0 atom stereocenters. The number of carboxylic acid groups (broad SMARTS) is 2. The van der Waals surface area contributed by atoms with E-state index in [2.05, 4.69) is 4.90 Å². The van der Waals surface area contributed by atoms with Crippen molar-refractivity contribution >= 4 is 23.5 Å². The van der Waals surface area contributed by atoms with Crippen LogP contribution in [0.25, 0.3) is 5.69 Å². The Kier molecular flexibility index (Phi) is 5.91. The van der Waals surface area contributed by atoms with Crippen molar-refractivity contribution < 1.29 is 24.6 Å². The Morgan fingerprint density at radius 1 is 0.727 bits per heavy atom. The highest BCUT2D eigenvalue weighted by Crippen LogP contribution is 2.24. The zero-order valence-corrected chi connectivity index (χ0v) is 18.5. The van der Waals surface area contributed by atoms with Crippen molar-refractivity contribution in [3.63, 3.8) is 0 Å². The molecule has 3 aromatic rings. The highest BCUT2D eigenvalue weighted by Gasteiger charge is 2.24. The van der Waals surface area contributed by atoms with E-state index in [-0.39, 0.29) is 17.0 Å². The second kappa shape index (κ2) is 8.82. The monoisotopic (exact) mass is 447 g/mol. The highest BCUT2D eigenvalue weighted by atomic mass is 16.4. The second-order valence-electron chi connectivity index (χ2n) is 8.12. The van der Waals surface area contributed by atoms with E-state index >= 15 is 0 Å². The molecule has 1 aromatic heterocycles. The van der Waals surface area contributed by atoms with Crippen LogP contribution >= 0.6 is 0 Å². The molecule has 8 heteroatoms. The van der Waals surface area contributed by atoms with Gasteiger partial charge in [0.05, 0.1) is 16.8 Å². The number of amides is 1. The standard InChI is InChI=1S/C25H25N3O5/c1-16-3-4-17(2)28(16)22-15-19(7-10-21(22)25(32)33)23(29)27-13-11-26(12-14-27)20-8-5-18(6-9-20)24(30)31/h3-10,15H,11-14H2,1-2H3,(H,30,31)(H,32,33). The minimum Gasteiger partial charge on any atom is -0.478 e. The molecule has 2 aromatic carbocycles. The zero-order chi connectivity index (χ0) is 23.7. The quantitative estimate of drug-likeness (QED) is 0.621. The molecule has 0 aliphatic carbocycles. The molecule has 170 valence electrons. The van der Waals surface area contributed by atoms with Gasteiger partial charge in [0.15, 0.2) is 0 Å². The highest BCUT2D eigenvalue weighted by molar-refractivity contribution is 5.98. The Labute approximate surface area is 191 Å². The fourth-order valence-corrected chi connectivity index (χ4v) is 4.24. The third kappa shape index (κ3) is 4.32. The number of benzene rings is 2. The van der Waals surface area contributed by atoms with Crippen molar-refractivity contribution in [1.29, 1.82) is 0 Å². The van der Waals surface area contributed by atoms with Crippen LogP contribution in [-0.2, 0) is 0 Å². The van der Waals surface area contributed by atoms with E-state index in [9.17, 15) is 19.5 Å².